The van der Waals surface area contributed by atoms with E-state index in [4.69, 9.17) is 14.2 Å². The minimum atomic E-state index is -0.625. The van der Waals surface area contributed by atoms with Crippen LogP contribution >= 0.6 is 0 Å². The molecule has 0 unspecified atom stereocenters. The van der Waals surface area contributed by atoms with Gasteiger partial charge in [-0.15, -0.1) is 0 Å². The highest BCUT2D eigenvalue weighted by atomic mass is 16.6. The second-order valence-electron chi connectivity index (χ2n) is 12.2. The topological polar surface area (TPSA) is 68.3 Å². The molecule has 2 aliphatic rings. The number of carbonyl (C=O) groups is 2. The molecule has 0 radical (unpaired) electrons. The van der Waals surface area contributed by atoms with Crippen molar-refractivity contribution < 1.29 is 23.8 Å². The maximum atomic E-state index is 14.6. The summed E-state index contributed by atoms with van der Waals surface area (Å²) in [6.45, 7) is 9.16. The van der Waals surface area contributed by atoms with Crippen LogP contribution in [0.15, 0.2) is 78.4 Å². The fraction of sp³-hybridized carbons (Fsp3) is 0.389. The van der Waals surface area contributed by atoms with Gasteiger partial charge in [0.25, 0.3) is 5.91 Å². The summed E-state index contributed by atoms with van der Waals surface area (Å²) in [6, 6.07) is 24.5. The Labute approximate surface area is 255 Å². The lowest BCUT2D eigenvalue weighted by atomic mass is 9.90. The molecule has 5 rings (SSSR count). The van der Waals surface area contributed by atoms with Crippen molar-refractivity contribution in [2.75, 3.05) is 26.8 Å². The molecule has 0 saturated heterocycles. The van der Waals surface area contributed by atoms with Crippen molar-refractivity contribution >= 4 is 17.6 Å². The number of ether oxygens (including phenoxy) is 3. The van der Waals surface area contributed by atoms with Crippen molar-refractivity contribution in [1.29, 1.82) is 0 Å². The summed E-state index contributed by atoms with van der Waals surface area (Å²) in [4.78, 5) is 31.4. The zero-order valence-electron chi connectivity index (χ0n) is 25.9. The number of rotatable bonds is 9. The number of methoxy groups -OCH3 is 1. The molecule has 0 spiro atoms. The molecule has 0 atom stereocenters. The second-order valence-corrected chi connectivity index (χ2v) is 12.2. The molecule has 43 heavy (non-hydrogen) atoms. The molecule has 0 aromatic heterocycles. The van der Waals surface area contributed by atoms with Gasteiger partial charge in [0.05, 0.1) is 20.3 Å². The molecule has 3 aromatic rings. The minimum absolute atomic E-state index is 0.0448. The summed E-state index contributed by atoms with van der Waals surface area (Å²) in [5.41, 5.74) is 5.15. The van der Waals surface area contributed by atoms with Gasteiger partial charge in [0.1, 0.15) is 17.1 Å². The van der Waals surface area contributed by atoms with Crippen molar-refractivity contribution in [1.82, 2.24) is 9.80 Å². The van der Waals surface area contributed by atoms with Gasteiger partial charge in [0, 0.05) is 30.8 Å². The van der Waals surface area contributed by atoms with Crippen LogP contribution < -0.4 is 9.47 Å². The van der Waals surface area contributed by atoms with Crippen LogP contribution in [0.25, 0.3) is 16.7 Å². The lowest BCUT2D eigenvalue weighted by Crippen LogP contribution is -2.44. The summed E-state index contributed by atoms with van der Waals surface area (Å²) in [7, 11) is 1.63. The Kier molecular flexibility index (Phi) is 9.09. The maximum absolute atomic E-state index is 14.6. The van der Waals surface area contributed by atoms with Crippen molar-refractivity contribution in [3.8, 4) is 22.6 Å². The molecule has 1 heterocycles. The summed E-state index contributed by atoms with van der Waals surface area (Å²) in [5, 5.41) is 0. The van der Waals surface area contributed by atoms with Gasteiger partial charge < -0.3 is 24.0 Å². The number of amides is 2. The SMILES string of the molecule is CCOc1cc(CN(C(=O)C2=C(c3cccc(-c4ccccc4)c3)CCN(C(=O)OC(C)(C)C)C2)C2CC2)cc(OC)c1. The first-order chi connectivity index (χ1) is 20.6. The first-order valence-electron chi connectivity index (χ1n) is 15.1. The zero-order chi connectivity index (χ0) is 30.6. The van der Waals surface area contributed by atoms with Crippen molar-refractivity contribution in [2.45, 2.75) is 65.1 Å². The highest BCUT2D eigenvalue weighted by Gasteiger charge is 2.38. The van der Waals surface area contributed by atoms with Gasteiger partial charge >= 0.3 is 6.09 Å². The maximum Gasteiger partial charge on any atom is 0.410 e. The second kappa shape index (κ2) is 12.9. The summed E-state index contributed by atoms with van der Waals surface area (Å²) < 4.78 is 17.0. The van der Waals surface area contributed by atoms with Crippen LogP contribution in [0.4, 0.5) is 4.79 Å². The molecule has 1 saturated carbocycles. The highest BCUT2D eigenvalue weighted by Crippen LogP contribution is 2.36. The van der Waals surface area contributed by atoms with E-state index in [2.05, 4.69) is 30.3 Å². The standard InChI is InChI=1S/C36H42N2O5/c1-6-42-31-20-25(19-30(22-31)41-5)23-38(29-15-16-29)34(39)33-24-37(35(40)43-36(2,3)4)18-17-32(33)28-14-10-13-27(21-28)26-11-8-7-9-12-26/h7-14,19-22,29H,6,15-18,23-24H2,1-5H3. The van der Waals surface area contributed by atoms with Crippen molar-refractivity contribution in [3.05, 3.63) is 89.5 Å². The third-order valence-corrected chi connectivity index (χ3v) is 7.66. The Bertz CT molecular complexity index is 1490. The molecule has 1 aliphatic carbocycles. The quantitative estimate of drug-likeness (QED) is 0.264. The Morgan fingerprint density at radius 2 is 1.60 bits per heavy atom. The van der Waals surface area contributed by atoms with Gasteiger partial charge in [-0.05, 0) is 93.0 Å². The third kappa shape index (κ3) is 7.58. The van der Waals surface area contributed by atoms with E-state index in [0.717, 1.165) is 40.7 Å². The van der Waals surface area contributed by atoms with Gasteiger partial charge in [-0.25, -0.2) is 4.79 Å². The number of hydrogen-bond donors (Lipinski definition) is 0. The number of hydrogen-bond acceptors (Lipinski definition) is 5. The van der Waals surface area contributed by atoms with Gasteiger partial charge in [0.15, 0.2) is 0 Å². The number of benzene rings is 3. The largest absolute Gasteiger partial charge is 0.497 e. The zero-order valence-corrected chi connectivity index (χ0v) is 25.9. The lowest BCUT2D eigenvalue weighted by molar-refractivity contribution is -0.128. The Morgan fingerprint density at radius 3 is 2.28 bits per heavy atom. The number of nitrogens with zero attached hydrogens (tertiary/aromatic N) is 2. The molecule has 3 aromatic carbocycles. The Hall–Kier alpha value is -4.26. The molecule has 7 heteroatoms. The smallest absolute Gasteiger partial charge is 0.410 e. The van der Waals surface area contributed by atoms with E-state index in [1.807, 2.05) is 75.1 Å². The lowest BCUT2D eigenvalue weighted by Gasteiger charge is -2.34. The molecule has 0 N–H and O–H groups in total. The van der Waals surface area contributed by atoms with E-state index < -0.39 is 11.7 Å². The molecule has 2 amide bonds. The molecule has 226 valence electrons. The first kappa shape index (κ1) is 30.2. The summed E-state index contributed by atoms with van der Waals surface area (Å²) in [5.74, 6) is 1.36. The summed E-state index contributed by atoms with van der Waals surface area (Å²) in [6.07, 6.45) is 2.07. The third-order valence-electron chi connectivity index (χ3n) is 7.66. The average Bonchev–Trinajstić information content (AvgIpc) is 3.84. The molecular formula is C36H42N2O5. The van der Waals surface area contributed by atoms with Crippen LogP contribution in [0, 0.1) is 0 Å². The molecule has 1 aliphatic heterocycles. The normalized spacial score (nSPS) is 15.2. The van der Waals surface area contributed by atoms with Crippen LogP contribution in [0.3, 0.4) is 0 Å². The van der Waals surface area contributed by atoms with Crippen LogP contribution in [0.1, 0.15) is 58.1 Å². The van der Waals surface area contributed by atoms with Crippen LogP contribution in [-0.4, -0.2) is 60.2 Å². The molecular weight excluding hydrogens is 540 g/mol. The molecule has 7 nitrogen and oxygen atoms in total. The van der Waals surface area contributed by atoms with E-state index in [0.29, 0.717) is 43.2 Å². The van der Waals surface area contributed by atoms with E-state index in [9.17, 15) is 9.59 Å². The van der Waals surface area contributed by atoms with Crippen LogP contribution in [0.5, 0.6) is 11.5 Å². The van der Waals surface area contributed by atoms with Gasteiger partial charge in [-0.3, -0.25) is 4.79 Å². The minimum Gasteiger partial charge on any atom is -0.497 e. The monoisotopic (exact) mass is 582 g/mol. The van der Waals surface area contributed by atoms with Crippen LogP contribution in [0.2, 0.25) is 0 Å². The summed E-state index contributed by atoms with van der Waals surface area (Å²) >= 11 is 0. The average molecular weight is 583 g/mol. The van der Waals surface area contributed by atoms with Crippen LogP contribution in [-0.2, 0) is 16.1 Å². The van der Waals surface area contributed by atoms with Gasteiger partial charge in [-0.2, -0.15) is 0 Å². The molecule has 1 fully saturated rings. The van der Waals surface area contributed by atoms with Crippen molar-refractivity contribution in [2.24, 2.45) is 0 Å². The first-order valence-corrected chi connectivity index (χ1v) is 15.1. The van der Waals surface area contributed by atoms with Gasteiger partial charge in [0.2, 0.25) is 0 Å². The van der Waals surface area contributed by atoms with Crippen molar-refractivity contribution in [3.63, 3.8) is 0 Å². The predicted molar refractivity (Wildman–Crippen MR) is 169 cm³/mol. The Balaban J connectivity index is 1.53. The Morgan fingerprint density at radius 1 is 0.907 bits per heavy atom. The van der Waals surface area contributed by atoms with E-state index >= 15 is 0 Å². The predicted octanol–water partition coefficient (Wildman–Crippen LogP) is 7.35. The van der Waals surface area contributed by atoms with Gasteiger partial charge in [-0.1, -0.05) is 48.5 Å². The van der Waals surface area contributed by atoms with E-state index in [-0.39, 0.29) is 18.5 Å². The van der Waals surface area contributed by atoms with E-state index in [1.54, 1.807) is 12.0 Å². The molecule has 0 bridgehead atoms. The highest BCUT2D eigenvalue weighted by molar-refractivity contribution is 6.03. The fourth-order valence-corrected chi connectivity index (χ4v) is 5.49. The fourth-order valence-electron chi connectivity index (χ4n) is 5.49. The van der Waals surface area contributed by atoms with E-state index in [1.165, 1.54) is 0 Å². The number of carbonyl (C=O) groups excluding carboxylic acids is 2.